The number of rotatable bonds is 6. The number of benzene rings is 1. The topological polar surface area (TPSA) is 82.2 Å². The van der Waals surface area contributed by atoms with Crippen molar-refractivity contribution in [1.29, 1.82) is 0 Å². The van der Waals surface area contributed by atoms with Crippen LogP contribution in [0.25, 0.3) is 5.69 Å². The van der Waals surface area contributed by atoms with Gasteiger partial charge in [0, 0.05) is 31.7 Å². The van der Waals surface area contributed by atoms with E-state index in [1.165, 1.54) is 0 Å². The number of nitrogens with one attached hydrogen (secondary N) is 1. The summed E-state index contributed by atoms with van der Waals surface area (Å²) >= 11 is 0. The molecule has 3 N–H and O–H groups in total. The van der Waals surface area contributed by atoms with E-state index in [-0.39, 0.29) is 30.8 Å². The Morgan fingerprint density at radius 1 is 1.43 bits per heavy atom. The Bertz CT molecular complexity index is 539. The van der Waals surface area contributed by atoms with E-state index in [4.69, 9.17) is 10.5 Å². The molecule has 1 aromatic carbocycles. The van der Waals surface area contributed by atoms with Gasteiger partial charge in [-0.2, -0.15) is 5.10 Å². The summed E-state index contributed by atoms with van der Waals surface area (Å²) in [6.45, 7) is 0.322. The van der Waals surface area contributed by atoms with Gasteiger partial charge in [-0.25, -0.2) is 4.68 Å². The summed E-state index contributed by atoms with van der Waals surface area (Å²) < 4.78 is 6.83. The fourth-order valence-electron chi connectivity index (χ4n) is 1.80. The van der Waals surface area contributed by atoms with Gasteiger partial charge in [-0.1, -0.05) is 0 Å². The monoisotopic (exact) mass is 310 g/mol. The summed E-state index contributed by atoms with van der Waals surface area (Å²) in [7, 11) is 1.55. The molecule has 0 aliphatic carbocycles. The van der Waals surface area contributed by atoms with Crippen LogP contribution in [0.15, 0.2) is 42.7 Å². The van der Waals surface area contributed by atoms with Gasteiger partial charge in [-0.15, -0.1) is 12.4 Å². The van der Waals surface area contributed by atoms with Gasteiger partial charge in [0.1, 0.15) is 0 Å². The molecule has 0 saturated heterocycles. The lowest BCUT2D eigenvalue weighted by molar-refractivity contribution is -0.118. The third-order valence-corrected chi connectivity index (χ3v) is 2.93. The van der Waals surface area contributed by atoms with E-state index in [9.17, 15) is 4.79 Å². The summed E-state index contributed by atoms with van der Waals surface area (Å²) in [4.78, 5) is 11.8. The maximum atomic E-state index is 11.8. The van der Waals surface area contributed by atoms with Gasteiger partial charge in [0.15, 0.2) is 0 Å². The molecule has 1 aromatic heterocycles. The lowest BCUT2D eigenvalue weighted by Crippen LogP contribution is -2.28. The first kappa shape index (κ1) is 17.2. The van der Waals surface area contributed by atoms with Gasteiger partial charge in [0.05, 0.1) is 18.2 Å². The minimum atomic E-state index is -0.252. The SMILES string of the molecule is COC(CN)CC(=O)Nc1ccc(-n2cccn2)cc1.Cl. The first-order valence-corrected chi connectivity index (χ1v) is 6.35. The number of hydrogen-bond donors (Lipinski definition) is 2. The number of amides is 1. The normalized spacial score (nSPS) is 11.5. The van der Waals surface area contributed by atoms with Gasteiger partial charge in [-0.3, -0.25) is 4.79 Å². The second-order valence-electron chi connectivity index (χ2n) is 4.34. The summed E-state index contributed by atoms with van der Waals surface area (Å²) in [5.41, 5.74) is 7.15. The number of ether oxygens (including phenoxy) is 1. The minimum absolute atomic E-state index is 0. The van der Waals surface area contributed by atoms with Crippen molar-refractivity contribution in [2.75, 3.05) is 19.0 Å². The molecule has 21 heavy (non-hydrogen) atoms. The molecular weight excluding hydrogens is 292 g/mol. The van der Waals surface area contributed by atoms with Crippen molar-refractivity contribution in [3.05, 3.63) is 42.7 Å². The van der Waals surface area contributed by atoms with Gasteiger partial charge < -0.3 is 15.8 Å². The summed E-state index contributed by atoms with van der Waals surface area (Å²) in [5.74, 6) is -0.117. The van der Waals surface area contributed by atoms with Crippen LogP contribution in [0.4, 0.5) is 5.69 Å². The number of hydrogen-bond acceptors (Lipinski definition) is 4. The predicted octanol–water partition coefficient (Wildman–Crippen LogP) is 1.60. The Hall–Kier alpha value is -1.89. The highest BCUT2D eigenvalue weighted by Gasteiger charge is 2.11. The van der Waals surface area contributed by atoms with E-state index in [1.807, 2.05) is 36.5 Å². The largest absolute Gasteiger partial charge is 0.380 e. The second kappa shape index (κ2) is 8.41. The molecule has 7 heteroatoms. The fraction of sp³-hybridized carbons (Fsp3) is 0.286. The van der Waals surface area contributed by atoms with E-state index in [2.05, 4.69) is 10.4 Å². The van der Waals surface area contributed by atoms with Crippen molar-refractivity contribution < 1.29 is 9.53 Å². The highest BCUT2D eigenvalue weighted by molar-refractivity contribution is 5.91. The standard InChI is InChI=1S/C14H18N4O2.ClH/c1-20-13(10-15)9-14(19)17-11-3-5-12(6-4-11)18-8-2-7-16-18;/h2-8,13H,9-10,15H2,1H3,(H,17,19);1H. The Labute approximate surface area is 129 Å². The van der Waals surface area contributed by atoms with Crippen molar-refractivity contribution in [3.63, 3.8) is 0 Å². The van der Waals surface area contributed by atoms with Crippen molar-refractivity contribution in [2.45, 2.75) is 12.5 Å². The molecule has 1 atom stereocenters. The average Bonchev–Trinajstić information content (AvgIpc) is 2.99. The van der Waals surface area contributed by atoms with Crippen molar-refractivity contribution in [1.82, 2.24) is 9.78 Å². The zero-order chi connectivity index (χ0) is 14.4. The molecule has 0 saturated carbocycles. The number of halogens is 1. The smallest absolute Gasteiger partial charge is 0.227 e. The number of anilines is 1. The molecule has 6 nitrogen and oxygen atoms in total. The number of carbonyl (C=O) groups excluding carboxylic acids is 1. The van der Waals surface area contributed by atoms with E-state index in [1.54, 1.807) is 18.0 Å². The number of nitrogens with zero attached hydrogens (tertiary/aromatic N) is 2. The van der Waals surface area contributed by atoms with Crippen LogP contribution in [-0.4, -0.2) is 35.4 Å². The molecule has 0 aliphatic heterocycles. The number of nitrogens with two attached hydrogens (primary N) is 1. The van der Waals surface area contributed by atoms with Crippen LogP contribution in [0.2, 0.25) is 0 Å². The molecule has 0 bridgehead atoms. The first-order chi connectivity index (χ1) is 9.72. The third-order valence-electron chi connectivity index (χ3n) is 2.93. The van der Waals surface area contributed by atoms with E-state index in [0.717, 1.165) is 11.4 Å². The van der Waals surface area contributed by atoms with Crippen LogP contribution in [0.1, 0.15) is 6.42 Å². The minimum Gasteiger partial charge on any atom is -0.380 e. The van der Waals surface area contributed by atoms with Crippen LogP contribution in [-0.2, 0) is 9.53 Å². The maximum absolute atomic E-state index is 11.8. The number of methoxy groups -OCH3 is 1. The van der Waals surface area contributed by atoms with Gasteiger partial charge in [-0.05, 0) is 30.3 Å². The lowest BCUT2D eigenvalue weighted by atomic mass is 10.2. The zero-order valence-corrected chi connectivity index (χ0v) is 12.5. The van der Waals surface area contributed by atoms with Crippen LogP contribution >= 0.6 is 12.4 Å². The summed E-state index contributed by atoms with van der Waals surface area (Å²) in [6.07, 6.45) is 3.57. The molecular formula is C14H19ClN4O2. The van der Waals surface area contributed by atoms with Crippen LogP contribution in [0.3, 0.4) is 0 Å². The molecule has 0 fully saturated rings. The van der Waals surface area contributed by atoms with E-state index >= 15 is 0 Å². The van der Waals surface area contributed by atoms with Crippen molar-refractivity contribution >= 4 is 24.0 Å². The quantitative estimate of drug-likeness (QED) is 0.849. The predicted molar refractivity (Wildman–Crippen MR) is 83.9 cm³/mol. The van der Waals surface area contributed by atoms with Gasteiger partial charge in [0.25, 0.3) is 0 Å². The Balaban J connectivity index is 0.00000220. The van der Waals surface area contributed by atoms with Crippen LogP contribution < -0.4 is 11.1 Å². The molecule has 0 aliphatic rings. The van der Waals surface area contributed by atoms with Crippen molar-refractivity contribution in [2.24, 2.45) is 5.73 Å². The van der Waals surface area contributed by atoms with Crippen molar-refractivity contribution in [3.8, 4) is 5.69 Å². The number of aromatic nitrogens is 2. The average molecular weight is 311 g/mol. The summed E-state index contributed by atoms with van der Waals surface area (Å²) in [6, 6.07) is 9.30. The first-order valence-electron chi connectivity index (χ1n) is 6.35. The Morgan fingerprint density at radius 3 is 2.67 bits per heavy atom. The third kappa shape index (κ3) is 4.86. The molecule has 114 valence electrons. The van der Waals surface area contributed by atoms with Crippen LogP contribution in [0.5, 0.6) is 0 Å². The van der Waals surface area contributed by atoms with E-state index in [0.29, 0.717) is 6.54 Å². The molecule has 2 aromatic rings. The second-order valence-corrected chi connectivity index (χ2v) is 4.34. The maximum Gasteiger partial charge on any atom is 0.227 e. The van der Waals surface area contributed by atoms with E-state index < -0.39 is 0 Å². The van der Waals surface area contributed by atoms with Gasteiger partial charge >= 0.3 is 0 Å². The summed E-state index contributed by atoms with van der Waals surface area (Å²) in [5, 5.41) is 6.95. The molecule has 1 heterocycles. The van der Waals surface area contributed by atoms with Crippen LogP contribution in [0, 0.1) is 0 Å². The van der Waals surface area contributed by atoms with Gasteiger partial charge in [0.2, 0.25) is 5.91 Å². The molecule has 1 unspecified atom stereocenters. The highest BCUT2D eigenvalue weighted by Crippen LogP contribution is 2.13. The number of carbonyl (C=O) groups is 1. The molecule has 2 rings (SSSR count). The molecule has 1 amide bonds. The Morgan fingerprint density at radius 2 is 2.14 bits per heavy atom. The Kier molecular flexibility index (Phi) is 6.87. The highest BCUT2D eigenvalue weighted by atomic mass is 35.5. The fourth-order valence-corrected chi connectivity index (χ4v) is 1.80. The zero-order valence-electron chi connectivity index (χ0n) is 11.7. The molecule has 0 radical (unpaired) electrons. The lowest BCUT2D eigenvalue weighted by Gasteiger charge is -2.12. The molecule has 0 spiro atoms.